The summed E-state index contributed by atoms with van der Waals surface area (Å²) in [4.78, 5) is 0. The van der Waals surface area contributed by atoms with Crippen LogP contribution >= 0.6 is 0 Å². The molecular formula is C18H16O. The Morgan fingerprint density at radius 3 is 2.26 bits per heavy atom. The van der Waals surface area contributed by atoms with Gasteiger partial charge in [0, 0.05) is 5.39 Å². The summed E-state index contributed by atoms with van der Waals surface area (Å²) >= 11 is 0. The van der Waals surface area contributed by atoms with Crippen LogP contribution in [-0.2, 0) is 6.42 Å². The predicted octanol–water partition coefficient (Wildman–Crippen LogP) is 4.44. The molecule has 3 rings (SSSR count). The van der Waals surface area contributed by atoms with Crippen LogP contribution in [0.25, 0.3) is 10.8 Å². The molecule has 0 heterocycles. The Balaban J connectivity index is 2.09. The number of hydrogen-bond acceptors (Lipinski definition) is 1. The molecule has 1 heteroatoms. The van der Waals surface area contributed by atoms with E-state index in [4.69, 9.17) is 4.74 Å². The second kappa shape index (κ2) is 5.15. The van der Waals surface area contributed by atoms with Crippen LogP contribution in [0.4, 0.5) is 0 Å². The average molecular weight is 248 g/mol. The molecule has 0 saturated carbocycles. The maximum atomic E-state index is 5.43. The molecule has 0 aliphatic rings. The van der Waals surface area contributed by atoms with Crippen LogP contribution in [-0.4, -0.2) is 7.11 Å². The molecule has 0 aliphatic heterocycles. The molecule has 0 aromatic heterocycles. The summed E-state index contributed by atoms with van der Waals surface area (Å²) in [7, 11) is 1.72. The van der Waals surface area contributed by atoms with Crippen molar-refractivity contribution >= 4 is 10.8 Å². The van der Waals surface area contributed by atoms with E-state index in [0.717, 1.165) is 12.2 Å². The molecular weight excluding hydrogens is 232 g/mol. The molecule has 0 atom stereocenters. The first kappa shape index (κ1) is 11.8. The second-order valence-corrected chi connectivity index (χ2v) is 4.63. The fraction of sp³-hybridized carbons (Fsp3) is 0.111. The maximum Gasteiger partial charge on any atom is 0.126 e. The van der Waals surface area contributed by atoms with Crippen molar-refractivity contribution in [3.63, 3.8) is 0 Å². The lowest BCUT2D eigenvalue weighted by Crippen LogP contribution is -1.91. The minimum atomic E-state index is 0.937. The molecule has 0 unspecified atom stereocenters. The van der Waals surface area contributed by atoms with Gasteiger partial charge in [0.15, 0.2) is 0 Å². The van der Waals surface area contributed by atoms with Gasteiger partial charge in [-0.25, -0.2) is 0 Å². The Morgan fingerprint density at radius 2 is 1.47 bits per heavy atom. The molecule has 0 amide bonds. The molecule has 0 N–H and O–H groups in total. The largest absolute Gasteiger partial charge is 0.496 e. The highest BCUT2D eigenvalue weighted by Gasteiger charge is 2.05. The number of fused-ring (bicyclic) bond motifs is 1. The topological polar surface area (TPSA) is 9.23 Å². The summed E-state index contributed by atoms with van der Waals surface area (Å²) in [5.74, 6) is 0.937. The molecule has 0 saturated heterocycles. The predicted molar refractivity (Wildman–Crippen MR) is 79.7 cm³/mol. The van der Waals surface area contributed by atoms with E-state index in [1.165, 1.54) is 21.9 Å². The highest BCUT2D eigenvalue weighted by Crippen LogP contribution is 2.28. The molecule has 0 aliphatic carbocycles. The highest BCUT2D eigenvalue weighted by molar-refractivity contribution is 5.91. The van der Waals surface area contributed by atoms with Crippen LogP contribution in [0.5, 0.6) is 5.75 Å². The van der Waals surface area contributed by atoms with Crippen molar-refractivity contribution in [1.29, 1.82) is 0 Å². The molecule has 19 heavy (non-hydrogen) atoms. The average Bonchev–Trinajstić information content (AvgIpc) is 2.48. The first-order valence-corrected chi connectivity index (χ1v) is 6.47. The molecule has 0 radical (unpaired) electrons. The van der Waals surface area contributed by atoms with E-state index < -0.39 is 0 Å². The lowest BCUT2D eigenvalue weighted by molar-refractivity contribution is 0.420. The third-order valence-electron chi connectivity index (χ3n) is 3.43. The Bertz CT molecular complexity index is 686. The van der Waals surface area contributed by atoms with E-state index in [1.807, 2.05) is 6.07 Å². The minimum Gasteiger partial charge on any atom is -0.496 e. The summed E-state index contributed by atoms with van der Waals surface area (Å²) in [6.07, 6.45) is 0.950. The summed E-state index contributed by atoms with van der Waals surface area (Å²) in [5.41, 5.74) is 2.67. The van der Waals surface area contributed by atoms with Crippen LogP contribution in [0.3, 0.4) is 0 Å². The van der Waals surface area contributed by atoms with Crippen molar-refractivity contribution in [3.05, 3.63) is 77.9 Å². The Kier molecular flexibility index (Phi) is 3.20. The fourth-order valence-electron chi connectivity index (χ4n) is 2.49. The van der Waals surface area contributed by atoms with Crippen molar-refractivity contribution in [2.75, 3.05) is 7.11 Å². The molecule has 3 aromatic carbocycles. The maximum absolute atomic E-state index is 5.43. The Morgan fingerprint density at radius 1 is 0.737 bits per heavy atom. The molecule has 0 fully saturated rings. The van der Waals surface area contributed by atoms with Crippen molar-refractivity contribution in [2.45, 2.75) is 6.42 Å². The zero-order chi connectivity index (χ0) is 13.1. The van der Waals surface area contributed by atoms with Gasteiger partial charge in [-0.3, -0.25) is 0 Å². The Hall–Kier alpha value is -2.28. The summed E-state index contributed by atoms with van der Waals surface area (Å²) in [6.45, 7) is 0. The van der Waals surface area contributed by atoms with Crippen molar-refractivity contribution in [2.24, 2.45) is 0 Å². The van der Waals surface area contributed by atoms with Crippen molar-refractivity contribution in [3.8, 4) is 5.75 Å². The van der Waals surface area contributed by atoms with Gasteiger partial charge < -0.3 is 4.74 Å². The van der Waals surface area contributed by atoms with Gasteiger partial charge >= 0.3 is 0 Å². The van der Waals surface area contributed by atoms with Gasteiger partial charge in [0.25, 0.3) is 0 Å². The van der Waals surface area contributed by atoms with Gasteiger partial charge in [-0.15, -0.1) is 0 Å². The van der Waals surface area contributed by atoms with E-state index in [2.05, 4.69) is 60.7 Å². The van der Waals surface area contributed by atoms with Gasteiger partial charge in [-0.05, 0) is 29.0 Å². The Labute approximate surface area is 113 Å². The van der Waals surface area contributed by atoms with Crippen LogP contribution < -0.4 is 4.74 Å². The number of hydrogen-bond donors (Lipinski definition) is 0. The third kappa shape index (κ3) is 2.32. The quantitative estimate of drug-likeness (QED) is 0.666. The molecule has 0 spiro atoms. The summed E-state index contributed by atoms with van der Waals surface area (Å²) < 4.78 is 5.43. The SMILES string of the molecule is COc1cccc2c(Cc3ccccc3)cccc12. The first-order chi connectivity index (χ1) is 9.38. The third-order valence-corrected chi connectivity index (χ3v) is 3.43. The zero-order valence-corrected chi connectivity index (χ0v) is 11.0. The van der Waals surface area contributed by atoms with Crippen LogP contribution in [0.2, 0.25) is 0 Å². The standard InChI is InChI=1S/C18H16O/c1-19-18-12-6-10-16-15(9-5-11-17(16)18)13-14-7-3-2-4-8-14/h2-12H,13H2,1H3. The second-order valence-electron chi connectivity index (χ2n) is 4.63. The molecule has 94 valence electrons. The number of ether oxygens (including phenoxy) is 1. The highest BCUT2D eigenvalue weighted by atomic mass is 16.5. The number of methoxy groups -OCH3 is 1. The molecule has 3 aromatic rings. The smallest absolute Gasteiger partial charge is 0.126 e. The number of rotatable bonds is 3. The summed E-state index contributed by atoms with van der Waals surface area (Å²) in [6, 6.07) is 23.2. The van der Waals surface area contributed by atoms with Crippen LogP contribution in [0.1, 0.15) is 11.1 Å². The van der Waals surface area contributed by atoms with Crippen LogP contribution in [0.15, 0.2) is 66.7 Å². The monoisotopic (exact) mass is 248 g/mol. The molecule has 1 nitrogen and oxygen atoms in total. The van der Waals surface area contributed by atoms with E-state index in [1.54, 1.807) is 7.11 Å². The van der Waals surface area contributed by atoms with Gasteiger partial charge in [-0.1, -0.05) is 60.7 Å². The first-order valence-electron chi connectivity index (χ1n) is 6.47. The number of benzene rings is 3. The minimum absolute atomic E-state index is 0.937. The van der Waals surface area contributed by atoms with E-state index in [-0.39, 0.29) is 0 Å². The van der Waals surface area contributed by atoms with E-state index in [9.17, 15) is 0 Å². The lowest BCUT2D eigenvalue weighted by Gasteiger charge is -2.10. The van der Waals surface area contributed by atoms with E-state index >= 15 is 0 Å². The van der Waals surface area contributed by atoms with Gasteiger partial charge in [0.2, 0.25) is 0 Å². The van der Waals surface area contributed by atoms with E-state index in [0.29, 0.717) is 0 Å². The fourth-order valence-corrected chi connectivity index (χ4v) is 2.49. The van der Waals surface area contributed by atoms with Gasteiger partial charge in [0.05, 0.1) is 7.11 Å². The summed E-state index contributed by atoms with van der Waals surface area (Å²) in [5, 5.41) is 2.45. The van der Waals surface area contributed by atoms with Crippen molar-refractivity contribution in [1.82, 2.24) is 0 Å². The normalized spacial score (nSPS) is 10.6. The van der Waals surface area contributed by atoms with Crippen molar-refractivity contribution < 1.29 is 4.74 Å². The lowest BCUT2D eigenvalue weighted by atomic mass is 9.98. The van der Waals surface area contributed by atoms with Crippen LogP contribution in [0, 0.1) is 0 Å². The van der Waals surface area contributed by atoms with Gasteiger partial charge in [-0.2, -0.15) is 0 Å². The zero-order valence-electron chi connectivity index (χ0n) is 11.0. The van der Waals surface area contributed by atoms with Gasteiger partial charge in [0.1, 0.15) is 5.75 Å². The molecule has 0 bridgehead atoms.